The van der Waals surface area contributed by atoms with Crippen molar-refractivity contribution < 1.29 is 19.4 Å². The van der Waals surface area contributed by atoms with Crippen LogP contribution in [0.25, 0.3) is 5.82 Å². The quantitative estimate of drug-likeness (QED) is 0.770. The Hall–Kier alpha value is -2.77. The first-order chi connectivity index (χ1) is 8.61. The van der Waals surface area contributed by atoms with Gasteiger partial charge in [0.15, 0.2) is 5.82 Å². The zero-order chi connectivity index (χ0) is 13.1. The van der Waals surface area contributed by atoms with E-state index in [0.29, 0.717) is 0 Å². The van der Waals surface area contributed by atoms with Gasteiger partial charge in [-0.05, 0) is 12.1 Å². The molecule has 2 rings (SSSR count). The molecule has 0 spiro atoms. The van der Waals surface area contributed by atoms with Crippen LogP contribution in [0.5, 0.6) is 0 Å². The van der Waals surface area contributed by atoms with E-state index in [4.69, 9.17) is 5.11 Å². The molecule has 0 unspecified atom stereocenters. The molecule has 0 amide bonds. The Labute approximate surface area is 101 Å². The topological polar surface area (TPSA) is 107 Å². The summed E-state index contributed by atoms with van der Waals surface area (Å²) in [5, 5.41) is 12.7. The monoisotopic (exact) mass is 248 g/mol. The largest absolute Gasteiger partial charge is 0.478 e. The number of aromatic carboxylic acids is 1. The van der Waals surface area contributed by atoms with Gasteiger partial charge < -0.3 is 9.84 Å². The van der Waals surface area contributed by atoms with Gasteiger partial charge in [0.25, 0.3) is 5.82 Å². The second-order valence-corrected chi connectivity index (χ2v) is 3.21. The van der Waals surface area contributed by atoms with Gasteiger partial charge in [0.05, 0.1) is 12.7 Å². The normalized spacial score (nSPS) is 10.1. The second-order valence-electron chi connectivity index (χ2n) is 3.21. The Bertz CT molecular complexity index is 607. The summed E-state index contributed by atoms with van der Waals surface area (Å²) in [6, 6.07) is 2.67. The number of pyridine rings is 1. The van der Waals surface area contributed by atoms with Crippen molar-refractivity contribution >= 4 is 11.9 Å². The van der Waals surface area contributed by atoms with E-state index < -0.39 is 11.9 Å². The van der Waals surface area contributed by atoms with Crippen LogP contribution in [-0.4, -0.2) is 43.9 Å². The van der Waals surface area contributed by atoms with Gasteiger partial charge in [-0.3, -0.25) is 0 Å². The number of carboxylic acids is 1. The maximum atomic E-state index is 11.2. The van der Waals surface area contributed by atoms with Crippen LogP contribution in [0.4, 0.5) is 0 Å². The van der Waals surface area contributed by atoms with Crippen molar-refractivity contribution in [2.45, 2.75) is 0 Å². The minimum Gasteiger partial charge on any atom is -0.478 e. The fourth-order valence-electron chi connectivity index (χ4n) is 1.23. The zero-order valence-corrected chi connectivity index (χ0v) is 9.27. The smallest absolute Gasteiger partial charge is 0.377 e. The highest BCUT2D eigenvalue weighted by molar-refractivity contribution is 5.88. The molecule has 18 heavy (non-hydrogen) atoms. The molecule has 0 saturated heterocycles. The number of methoxy groups -OCH3 is 1. The van der Waals surface area contributed by atoms with E-state index in [0.717, 1.165) is 0 Å². The third-order valence-electron chi connectivity index (χ3n) is 2.09. The SMILES string of the molecule is COC(=O)c1ncn(-c2cc(C(=O)O)ccn2)n1. The highest BCUT2D eigenvalue weighted by Gasteiger charge is 2.13. The number of carbonyl (C=O) groups is 2. The van der Waals surface area contributed by atoms with E-state index >= 15 is 0 Å². The lowest BCUT2D eigenvalue weighted by atomic mass is 10.3. The van der Waals surface area contributed by atoms with Crippen molar-refractivity contribution in [2.24, 2.45) is 0 Å². The van der Waals surface area contributed by atoms with Gasteiger partial charge in [-0.1, -0.05) is 0 Å². The second kappa shape index (κ2) is 4.62. The molecule has 0 radical (unpaired) electrons. The molecule has 0 aliphatic rings. The molecule has 0 aromatic carbocycles. The predicted molar refractivity (Wildman–Crippen MR) is 57.5 cm³/mol. The molecule has 1 N–H and O–H groups in total. The van der Waals surface area contributed by atoms with Crippen LogP contribution < -0.4 is 0 Å². The summed E-state index contributed by atoms with van der Waals surface area (Å²) in [7, 11) is 1.21. The molecule has 0 saturated carbocycles. The fraction of sp³-hybridized carbons (Fsp3) is 0.100. The fourth-order valence-corrected chi connectivity index (χ4v) is 1.23. The van der Waals surface area contributed by atoms with Crippen LogP contribution in [-0.2, 0) is 4.74 Å². The molecule has 0 atom stereocenters. The number of rotatable bonds is 3. The lowest BCUT2D eigenvalue weighted by Crippen LogP contribution is -2.06. The molecule has 2 aromatic rings. The lowest BCUT2D eigenvalue weighted by Gasteiger charge is -2.00. The van der Waals surface area contributed by atoms with E-state index in [9.17, 15) is 9.59 Å². The number of carbonyl (C=O) groups excluding carboxylic acids is 1. The molecule has 2 heterocycles. The van der Waals surface area contributed by atoms with E-state index in [1.54, 1.807) is 0 Å². The van der Waals surface area contributed by atoms with E-state index in [1.165, 1.54) is 36.4 Å². The van der Waals surface area contributed by atoms with Crippen molar-refractivity contribution in [3.05, 3.63) is 36.0 Å². The molecule has 0 aliphatic heterocycles. The molecule has 0 aliphatic carbocycles. The van der Waals surface area contributed by atoms with Gasteiger partial charge >= 0.3 is 11.9 Å². The van der Waals surface area contributed by atoms with Gasteiger partial charge in [0, 0.05) is 6.20 Å². The molecular formula is C10H8N4O4. The molecular weight excluding hydrogens is 240 g/mol. The lowest BCUT2D eigenvalue weighted by molar-refractivity contribution is 0.0586. The molecule has 8 heteroatoms. The Morgan fingerprint density at radius 3 is 2.83 bits per heavy atom. The molecule has 92 valence electrons. The van der Waals surface area contributed by atoms with E-state index in [2.05, 4.69) is 19.8 Å². The van der Waals surface area contributed by atoms with Crippen molar-refractivity contribution in [1.29, 1.82) is 0 Å². The summed E-state index contributed by atoms with van der Waals surface area (Å²) in [4.78, 5) is 29.6. The summed E-state index contributed by atoms with van der Waals surface area (Å²) in [6.07, 6.45) is 2.58. The highest BCUT2D eigenvalue weighted by atomic mass is 16.5. The third-order valence-corrected chi connectivity index (χ3v) is 2.09. The van der Waals surface area contributed by atoms with Gasteiger partial charge in [0.1, 0.15) is 6.33 Å². The van der Waals surface area contributed by atoms with Crippen molar-refractivity contribution in [1.82, 2.24) is 19.7 Å². The first-order valence-corrected chi connectivity index (χ1v) is 4.81. The van der Waals surface area contributed by atoms with Crippen LogP contribution in [0.15, 0.2) is 24.7 Å². The van der Waals surface area contributed by atoms with Gasteiger partial charge in [-0.25, -0.2) is 24.2 Å². The van der Waals surface area contributed by atoms with Crippen LogP contribution >= 0.6 is 0 Å². The number of esters is 1. The van der Waals surface area contributed by atoms with Crippen LogP contribution in [0, 0.1) is 0 Å². The maximum Gasteiger partial charge on any atom is 0.377 e. The Morgan fingerprint density at radius 2 is 2.17 bits per heavy atom. The Balaban J connectivity index is 2.37. The van der Waals surface area contributed by atoms with Crippen molar-refractivity contribution in [2.75, 3.05) is 7.11 Å². The number of hydrogen-bond acceptors (Lipinski definition) is 6. The van der Waals surface area contributed by atoms with Crippen molar-refractivity contribution in [3.8, 4) is 5.82 Å². The summed E-state index contributed by atoms with van der Waals surface area (Å²) >= 11 is 0. The Kier molecular flexibility index (Phi) is 3.00. The van der Waals surface area contributed by atoms with E-state index in [1.807, 2.05) is 0 Å². The minimum absolute atomic E-state index is 0.0649. The predicted octanol–water partition coefficient (Wildman–Crippen LogP) is 0.147. The summed E-state index contributed by atoms with van der Waals surface area (Å²) < 4.78 is 5.65. The first-order valence-electron chi connectivity index (χ1n) is 4.81. The zero-order valence-electron chi connectivity index (χ0n) is 9.27. The van der Waals surface area contributed by atoms with Crippen LogP contribution in [0.2, 0.25) is 0 Å². The average Bonchev–Trinajstić information content (AvgIpc) is 2.87. The van der Waals surface area contributed by atoms with Crippen LogP contribution in [0.1, 0.15) is 21.0 Å². The molecule has 0 bridgehead atoms. The molecule has 2 aromatic heterocycles. The number of aromatic nitrogens is 4. The van der Waals surface area contributed by atoms with Gasteiger partial charge in [-0.15, -0.1) is 5.10 Å². The first kappa shape index (κ1) is 11.7. The summed E-state index contributed by atoms with van der Waals surface area (Å²) in [6.45, 7) is 0. The molecule has 0 fully saturated rings. The molecule has 8 nitrogen and oxygen atoms in total. The van der Waals surface area contributed by atoms with Gasteiger partial charge in [-0.2, -0.15) is 0 Å². The highest BCUT2D eigenvalue weighted by Crippen LogP contribution is 2.06. The standard InChI is InChI=1S/C10H8N4O4/c1-18-10(17)8-12-5-14(13-8)7-4-6(9(15)16)2-3-11-7/h2-5H,1H3,(H,15,16). The number of hydrogen-bond donors (Lipinski definition) is 1. The minimum atomic E-state index is -1.08. The Morgan fingerprint density at radius 1 is 1.39 bits per heavy atom. The average molecular weight is 248 g/mol. The maximum absolute atomic E-state index is 11.2. The number of carboxylic acid groups (broad SMARTS) is 1. The summed E-state index contributed by atoms with van der Waals surface area (Å²) in [5.74, 6) is -1.63. The number of nitrogens with zero attached hydrogens (tertiary/aromatic N) is 4. The van der Waals surface area contributed by atoms with Crippen molar-refractivity contribution in [3.63, 3.8) is 0 Å². The number of ether oxygens (including phenoxy) is 1. The van der Waals surface area contributed by atoms with Gasteiger partial charge in [0.2, 0.25) is 0 Å². The third kappa shape index (κ3) is 2.17. The van der Waals surface area contributed by atoms with Crippen LogP contribution in [0.3, 0.4) is 0 Å². The van der Waals surface area contributed by atoms with E-state index in [-0.39, 0.29) is 17.2 Å². The summed E-state index contributed by atoms with van der Waals surface area (Å²) in [5.41, 5.74) is 0.0649.